The van der Waals surface area contributed by atoms with Crippen molar-refractivity contribution in [3.63, 3.8) is 0 Å². The second kappa shape index (κ2) is 8.62. The minimum Gasteiger partial charge on any atom is -0.247 e. The Morgan fingerprint density at radius 2 is 1.27 bits per heavy atom. The van der Waals surface area contributed by atoms with E-state index >= 15 is 0 Å². The van der Waals surface area contributed by atoms with Crippen LogP contribution >= 0.6 is 0 Å². The van der Waals surface area contributed by atoms with E-state index in [0.29, 0.717) is 5.56 Å². The zero-order chi connectivity index (χ0) is 27.7. The van der Waals surface area contributed by atoms with Crippen LogP contribution < -0.4 is 0 Å². The molecule has 0 fully saturated rings. The zero-order valence-corrected chi connectivity index (χ0v) is 22.9. The summed E-state index contributed by atoms with van der Waals surface area (Å²) in [6.45, 7) is 4.52. The van der Waals surface area contributed by atoms with Gasteiger partial charge in [-0.25, -0.2) is 4.98 Å². The van der Waals surface area contributed by atoms with Crippen LogP contribution in [0, 0.1) is 11.3 Å². The van der Waals surface area contributed by atoms with Gasteiger partial charge in [-0.3, -0.25) is 0 Å². The first-order valence-electron chi connectivity index (χ1n) is 14.0. The molecule has 0 aliphatic heterocycles. The number of hydrogen-bond acceptors (Lipinski definition) is 2. The average Bonchev–Trinajstić information content (AvgIpc) is 3.25. The highest BCUT2D eigenvalue weighted by Gasteiger charge is 2.35. The Kier molecular flexibility index (Phi) is 4.96. The number of fused-ring (bicyclic) bond motifs is 7. The van der Waals surface area contributed by atoms with E-state index in [1.54, 1.807) is 0 Å². The van der Waals surface area contributed by atoms with E-state index < -0.39 is 0 Å². The molecule has 41 heavy (non-hydrogen) atoms. The van der Waals surface area contributed by atoms with Crippen molar-refractivity contribution in [1.29, 1.82) is 5.26 Å². The van der Waals surface area contributed by atoms with Crippen LogP contribution in [0.2, 0.25) is 0 Å². The molecule has 7 aromatic rings. The molecule has 1 aliphatic rings. The molecule has 0 unspecified atom stereocenters. The monoisotopic (exact) mass is 522 g/mol. The summed E-state index contributed by atoms with van der Waals surface area (Å²) < 4.78 is 0. The minimum absolute atomic E-state index is 0.171. The quantitative estimate of drug-likeness (QED) is 0.167. The van der Waals surface area contributed by atoms with Crippen molar-refractivity contribution in [3.8, 4) is 39.4 Å². The third kappa shape index (κ3) is 3.53. The zero-order valence-electron chi connectivity index (χ0n) is 22.9. The Morgan fingerprint density at radius 3 is 2.12 bits per heavy atom. The Balaban J connectivity index is 1.29. The normalized spacial score (nSPS) is 13.3. The van der Waals surface area contributed by atoms with E-state index in [1.807, 2.05) is 12.1 Å². The third-order valence-corrected chi connectivity index (χ3v) is 8.84. The van der Waals surface area contributed by atoms with E-state index in [2.05, 4.69) is 129 Å². The lowest BCUT2D eigenvalue weighted by atomic mass is 9.81. The van der Waals surface area contributed by atoms with Crippen molar-refractivity contribution in [1.82, 2.24) is 4.98 Å². The van der Waals surface area contributed by atoms with E-state index in [-0.39, 0.29) is 5.41 Å². The number of pyridine rings is 1. The highest BCUT2D eigenvalue weighted by Crippen LogP contribution is 2.50. The number of nitriles is 1. The second-order valence-electron chi connectivity index (χ2n) is 11.6. The smallest absolute Gasteiger partial charge is 0.0991 e. The summed E-state index contributed by atoms with van der Waals surface area (Å²) in [7, 11) is 0. The summed E-state index contributed by atoms with van der Waals surface area (Å²) in [4.78, 5) is 5.06. The summed E-state index contributed by atoms with van der Waals surface area (Å²) in [6, 6.07) is 45.6. The minimum atomic E-state index is -0.171. The van der Waals surface area contributed by atoms with Crippen LogP contribution in [0.1, 0.15) is 30.5 Å². The van der Waals surface area contributed by atoms with Gasteiger partial charge in [0.2, 0.25) is 0 Å². The largest absolute Gasteiger partial charge is 0.247 e. The topological polar surface area (TPSA) is 36.7 Å². The summed E-state index contributed by atoms with van der Waals surface area (Å²) in [5, 5.41) is 14.2. The van der Waals surface area contributed by atoms with E-state index in [0.717, 1.165) is 21.8 Å². The Bertz CT molecular complexity index is 2250. The van der Waals surface area contributed by atoms with Gasteiger partial charge < -0.3 is 0 Å². The van der Waals surface area contributed by atoms with Gasteiger partial charge in [0.05, 0.1) is 22.7 Å². The van der Waals surface area contributed by atoms with Crippen LogP contribution in [0.15, 0.2) is 121 Å². The lowest BCUT2D eigenvalue weighted by Crippen LogP contribution is -2.15. The number of benzene rings is 6. The average molecular weight is 523 g/mol. The molecule has 0 amide bonds. The molecule has 8 rings (SSSR count). The number of aromatic nitrogens is 1. The van der Waals surface area contributed by atoms with Crippen molar-refractivity contribution in [2.45, 2.75) is 19.3 Å². The number of hydrogen-bond donors (Lipinski definition) is 0. The van der Waals surface area contributed by atoms with Crippen LogP contribution in [0.4, 0.5) is 0 Å². The fourth-order valence-corrected chi connectivity index (χ4v) is 6.71. The molecule has 1 heterocycles. The van der Waals surface area contributed by atoms with E-state index in [1.165, 1.54) is 55.3 Å². The van der Waals surface area contributed by atoms with Crippen molar-refractivity contribution in [3.05, 3.63) is 138 Å². The summed E-state index contributed by atoms with van der Waals surface area (Å²) in [6.07, 6.45) is 0. The van der Waals surface area contributed by atoms with Crippen molar-refractivity contribution < 1.29 is 0 Å². The first-order chi connectivity index (χ1) is 20.0. The van der Waals surface area contributed by atoms with Crippen LogP contribution in [0.5, 0.6) is 0 Å². The van der Waals surface area contributed by atoms with Crippen LogP contribution in [0.25, 0.3) is 66.0 Å². The molecule has 2 heteroatoms. The van der Waals surface area contributed by atoms with Crippen LogP contribution in [-0.2, 0) is 5.41 Å². The summed E-state index contributed by atoms with van der Waals surface area (Å²) in [5.41, 5.74) is 12.4. The summed E-state index contributed by atoms with van der Waals surface area (Å²) >= 11 is 0. The molecular weight excluding hydrogens is 496 g/mol. The van der Waals surface area contributed by atoms with Gasteiger partial charge in [-0.1, -0.05) is 92.7 Å². The molecule has 0 radical (unpaired) electrons. The third-order valence-electron chi connectivity index (χ3n) is 8.84. The molecule has 0 saturated carbocycles. The van der Waals surface area contributed by atoms with Gasteiger partial charge in [-0.15, -0.1) is 0 Å². The Morgan fingerprint density at radius 1 is 0.561 bits per heavy atom. The van der Waals surface area contributed by atoms with Crippen LogP contribution in [-0.4, -0.2) is 4.98 Å². The molecule has 0 saturated heterocycles. The molecule has 0 atom stereocenters. The fraction of sp³-hybridized carbons (Fsp3) is 0.0769. The standard InChI is InChI=1S/C39H26N2/c1-39(2)35-18-24(23-40)14-16-31(35)32-17-15-26(22-36(32)39)25-9-7-10-27(19-25)34-21-29-20-28-8-3-6-13-37(28)41-38(29)33-12-5-4-11-30(33)34/h3-22H,1-2H3. The molecule has 0 bridgehead atoms. The van der Waals surface area contributed by atoms with Crippen molar-refractivity contribution in [2.75, 3.05) is 0 Å². The van der Waals surface area contributed by atoms with Gasteiger partial charge in [0.15, 0.2) is 0 Å². The van der Waals surface area contributed by atoms with Gasteiger partial charge in [0.1, 0.15) is 0 Å². The lowest BCUT2D eigenvalue weighted by Gasteiger charge is -2.22. The highest BCUT2D eigenvalue weighted by atomic mass is 14.7. The first kappa shape index (κ1) is 23.6. The predicted octanol–water partition coefficient (Wildman–Crippen LogP) is 10.1. The fourth-order valence-electron chi connectivity index (χ4n) is 6.71. The molecule has 6 aromatic carbocycles. The van der Waals surface area contributed by atoms with Gasteiger partial charge in [0.25, 0.3) is 0 Å². The highest BCUT2D eigenvalue weighted by molar-refractivity contribution is 6.14. The van der Waals surface area contributed by atoms with Gasteiger partial charge in [-0.05, 0) is 92.4 Å². The molecular formula is C39H26N2. The SMILES string of the molecule is CC1(C)c2cc(C#N)ccc2-c2ccc(-c3cccc(-c4cc5cc6ccccc6nc5c5ccccc45)c3)cc21. The van der Waals surface area contributed by atoms with Gasteiger partial charge in [0, 0.05) is 21.6 Å². The molecule has 0 spiro atoms. The van der Waals surface area contributed by atoms with E-state index in [9.17, 15) is 5.26 Å². The molecule has 1 aromatic heterocycles. The Labute approximate surface area is 239 Å². The van der Waals surface area contributed by atoms with Gasteiger partial charge >= 0.3 is 0 Å². The van der Waals surface area contributed by atoms with Crippen molar-refractivity contribution >= 4 is 32.6 Å². The van der Waals surface area contributed by atoms with Crippen LogP contribution in [0.3, 0.4) is 0 Å². The molecule has 0 N–H and O–H groups in total. The molecule has 1 aliphatic carbocycles. The maximum Gasteiger partial charge on any atom is 0.0991 e. The number of nitrogens with zero attached hydrogens (tertiary/aromatic N) is 2. The Hall–Kier alpha value is -5.26. The molecule has 2 nitrogen and oxygen atoms in total. The maximum atomic E-state index is 9.49. The maximum absolute atomic E-state index is 9.49. The number of rotatable bonds is 2. The van der Waals surface area contributed by atoms with E-state index in [4.69, 9.17) is 4.98 Å². The lowest BCUT2D eigenvalue weighted by molar-refractivity contribution is 0.660. The predicted molar refractivity (Wildman–Crippen MR) is 170 cm³/mol. The van der Waals surface area contributed by atoms with Crippen molar-refractivity contribution in [2.24, 2.45) is 0 Å². The number of para-hydroxylation sites is 1. The molecule has 192 valence electrons. The second-order valence-corrected chi connectivity index (χ2v) is 11.6. The van der Waals surface area contributed by atoms with Gasteiger partial charge in [-0.2, -0.15) is 5.26 Å². The summed E-state index contributed by atoms with van der Waals surface area (Å²) in [5.74, 6) is 0. The first-order valence-corrected chi connectivity index (χ1v) is 14.0.